The first kappa shape index (κ1) is 28.4. The first-order chi connectivity index (χ1) is 14.1. The molecule has 0 spiro atoms. The van der Waals surface area contributed by atoms with Crippen molar-refractivity contribution in [3.05, 3.63) is 54.1 Å². The van der Waals surface area contributed by atoms with Gasteiger partial charge >= 0.3 is 0 Å². The average molecular weight is 502 g/mol. The normalized spacial score (nSPS) is 16.2. The van der Waals surface area contributed by atoms with E-state index in [0.717, 1.165) is 12.5 Å². The van der Waals surface area contributed by atoms with E-state index in [-0.39, 0.29) is 43.1 Å². The molecule has 0 bridgehead atoms. The minimum absolute atomic E-state index is 0. The lowest BCUT2D eigenvalue weighted by molar-refractivity contribution is 0.102. The summed E-state index contributed by atoms with van der Waals surface area (Å²) in [6.07, 6.45) is 5.29. The predicted octanol–water partition coefficient (Wildman–Crippen LogP) is 5.49. The number of nitrogen functional groups attached to an aromatic ring is 1. The molecule has 1 amide bonds. The van der Waals surface area contributed by atoms with Crippen molar-refractivity contribution in [1.29, 1.82) is 0 Å². The van der Waals surface area contributed by atoms with Gasteiger partial charge in [0.15, 0.2) is 0 Å². The van der Waals surface area contributed by atoms with Gasteiger partial charge < -0.3 is 20.9 Å². The van der Waals surface area contributed by atoms with Crippen LogP contribution in [0.25, 0.3) is 0 Å². The van der Waals surface area contributed by atoms with E-state index < -0.39 is 0 Å². The lowest BCUT2D eigenvalue weighted by Crippen LogP contribution is -2.45. The molecule has 0 unspecified atom stereocenters. The quantitative estimate of drug-likeness (QED) is 0.493. The van der Waals surface area contributed by atoms with Crippen LogP contribution in [0.3, 0.4) is 0 Å². The number of anilines is 3. The molecule has 1 heterocycles. The van der Waals surface area contributed by atoms with Crippen LogP contribution in [-0.2, 0) is 0 Å². The zero-order chi connectivity index (χ0) is 20.2. The maximum Gasteiger partial charge on any atom is 0.255 e. The molecule has 0 aromatic heterocycles. The number of para-hydroxylation sites is 2. The number of carbonyl (C=O) groups excluding carboxylic acids is 1. The third-order valence-corrected chi connectivity index (χ3v) is 6.22. The molecule has 2 aromatic rings. The van der Waals surface area contributed by atoms with Crippen molar-refractivity contribution in [2.75, 3.05) is 42.1 Å². The number of hydrogen-bond donors (Lipinski definition) is 2. The Bertz CT molecular complexity index is 837. The van der Waals surface area contributed by atoms with Crippen LogP contribution in [0.4, 0.5) is 17.1 Å². The Morgan fingerprint density at radius 2 is 1.62 bits per heavy atom. The smallest absolute Gasteiger partial charge is 0.255 e. The number of rotatable bonds is 7. The van der Waals surface area contributed by atoms with Gasteiger partial charge in [0.1, 0.15) is 0 Å². The number of nitrogens with two attached hydrogens (primary N) is 1. The van der Waals surface area contributed by atoms with E-state index in [1.165, 1.54) is 51.0 Å². The van der Waals surface area contributed by atoms with E-state index in [1.807, 2.05) is 30.3 Å². The van der Waals surface area contributed by atoms with Gasteiger partial charge in [-0.1, -0.05) is 12.1 Å². The van der Waals surface area contributed by atoms with Crippen LogP contribution in [0.1, 0.15) is 43.0 Å². The number of likely N-dealkylation sites (tertiary alicyclic amines) is 1. The summed E-state index contributed by atoms with van der Waals surface area (Å²) in [5.74, 6) is 0.838. The molecule has 0 radical (unpaired) electrons. The van der Waals surface area contributed by atoms with Gasteiger partial charge in [-0.15, -0.1) is 37.2 Å². The van der Waals surface area contributed by atoms with E-state index in [1.54, 1.807) is 6.07 Å². The fraction of sp³-hybridized carbons (Fsp3) is 0.458. The number of halogens is 3. The molecule has 1 aliphatic heterocycles. The Hall–Kier alpha value is -1.66. The SMILES string of the molecule is CCN(c1ccc(C(=O)Nc2ccccc2N)cc1)C1CCN(CC2CC2)CC1.Cl.Cl.Cl. The molecule has 178 valence electrons. The zero-order valence-electron chi connectivity index (χ0n) is 18.5. The number of carbonyl (C=O) groups is 1. The van der Waals surface area contributed by atoms with Crippen molar-refractivity contribution >= 4 is 60.2 Å². The summed E-state index contributed by atoms with van der Waals surface area (Å²) >= 11 is 0. The van der Waals surface area contributed by atoms with Gasteiger partial charge in [0.2, 0.25) is 0 Å². The third kappa shape index (κ3) is 7.17. The molecule has 2 aliphatic rings. The highest BCUT2D eigenvalue weighted by atomic mass is 35.5. The number of amides is 1. The van der Waals surface area contributed by atoms with Gasteiger partial charge in [-0.2, -0.15) is 0 Å². The average Bonchev–Trinajstić information content (AvgIpc) is 3.56. The molecule has 1 aliphatic carbocycles. The fourth-order valence-electron chi connectivity index (χ4n) is 4.34. The first-order valence-electron chi connectivity index (χ1n) is 10.9. The molecule has 3 N–H and O–H groups in total. The highest BCUT2D eigenvalue weighted by Gasteiger charge is 2.28. The van der Waals surface area contributed by atoms with Crippen LogP contribution in [-0.4, -0.2) is 43.0 Å². The molecule has 1 saturated carbocycles. The van der Waals surface area contributed by atoms with Gasteiger partial charge in [0.25, 0.3) is 5.91 Å². The van der Waals surface area contributed by atoms with Gasteiger partial charge in [0.05, 0.1) is 11.4 Å². The molecule has 4 rings (SSSR count). The summed E-state index contributed by atoms with van der Waals surface area (Å²) in [4.78, 5) is 17.7. The second kappa shape index (κ2) is 13.1. The van der Waals surface area contributed by atoms with E-state index >= 15 is 0 Å². The molecular formula is C24H35Cl3N4O. The first-order valence-corrected chi connectivity index (χ1v) is 10.9. The molecule has 1 saturated heterocycles. The summed E-state index contributed by atoms with van der Waals surface area (Å²) in [6, 6.07) is 15.9. The molecule has 32 heavy (non-hydrogen) atoms. The van der Waals surface area contributed by atoms with E-state index in [0.29, 0.717) is 23.0 Å². The Balaban J connectivity index is 0.00000171. The van der Waals surface area contributed by atoms with E-state index in [9.17, 15) is 4.79 Å². The molecule has 5 nitrogen and oxygen atoms in total. The summed E-state index contributed by atoms with van der Waals surface area (Å²) in [5, 5.41) is 2.89. The van der Waals surface area contributed by atoms with Crippen LogP contribution in [0.5, 0.6) is 0 Å². The minimum atomic E-state index is -0.133. The molecular weight excluding hydrogens is 467 g/mol. The van der Waals surface area contributed by atoms with Crippen LogP contribution in [0, 0.1) is 5.92 Å². The molecule has 8 heteroatoms. The fourth-order valence-corrected chi connectivity index (χ4v) is 4.34. The van der Waals surface area contributed by atoms with Crippen LogP contribution in [0.15, 0.2) is 48.5 Å². The molecule has 2 fully saturated rings. The second-order valence-corrected chi connectivity index (χ2v) is 8.35. The summed E-state index contributed by atoms with van der Waals surface area (Å²) < 4.78 is 0. The molecule has 2 aromatic carbocycles. The number of nitrogens with one attached hydrogen (secondary N) is 1. The Labute approximate surface area is 210 Å². The summed E-state index contributed by atoms with van der Waals surface area (Å²) in [5.41, 5.74) is 8.99. The largest absolute Gasteiger partial charge is 0.397 e. The van der Waals surface area contributed by atoms with Gasteiger partial charge in [0, 0.05) is 43.5 Å². The Morgan fingerprint density at radius 3 is 2.19 bits per heavy atom. The highest BCUT2D eigenvalue weighted by molar-refractivity contribution is 6.05. The maximum absolute atomic E-state index is 12.6. The molecule has 0 atom stereocenters. The maximum atomic E-state index is 12.6. The van der Waals surface area contributed by atoms with Crippen LogP contribution in [0.2, 0.25) is 0 Å². The van der Waals surface area contributed by atoms with Crippen LogP contribution < -0.4 is 16.0 Å². The third-order valence-electron chi connectivity index (χ3n) is 6.22. The second-order valence-electron chi connectivity index (χ2n) is 8.35. The summed E-state index contributed by atoms with van der Waals surface area (Å²) in [6.45, 7) is 6.91. The number of hydrogen-bond acceptors (Lipinski definition) is 4. The predicted molar refractivity (Wildman–Crippen MR) is 142 cm³/mol. The number of benzene rings is 2. The Morgan fingerprint density at radius 1 is 1.00 bits per heavy atom. The topological polar surface area (TPSA) is 61.6 Å². The van der Waals surface area contributed by atoms with Crippen molar-refractivity contribution < 1.29 is 4.79 Å². The van der Waals surface area contributed by atoms with Crippen molar-refractivity contribution in [3.8, 4) is 0 Å². The van der Waals surface area contributed by atoms with Crippen molar-refractivity contribution in [3.63, 3.8) is 0 Å². The van der Waals surface area contributed by atoms with Crippen LogP contribution >= 0.6 is 37.2 Å². The number of nitrogens with zero attached hydrogens (tertiary/aromatic N) is 2. The summed E-state index contributed by atoms with van der Waals surface area (Å²) in [7, 11) is 0. The van der Waals surface area contributed by atoms with Crippen molar-refractivity contribution in [2.45, 2.75) is 38.6 Å². The number of piperidine rings is 1. The van der Waals surface area contributed by atoms with Crippen molar-refractivity contribution in [1.82, 2.24) is 4.90 Å². The lowest BCUT2D eigenvalue weighted by atomic mass is 10.0. The Kier molecular flexibility index (Phi) is 11.7. The van der Waals surface area contributed by atoms with E-state index in [4.69, 9.17) is 5.73 Å². The lowest BCUT2D eigenvalue weighted by Gasteiger charge is -2.39. The highest BCUT2D eigenvalue weighted by Crippen LogP contribution is 2.31. The van der Waals surface area contributed by atoms with E-state index in [2.05, 4.69) is 34.2 Å². The van der Waals surface area contributed by atoms with Gasteiger partial charge in [-0.25, -0.2) is 0 Å². The van der Waals surface area contributed by atoms with Gasteiger partial charge in [-0.3, -0.25) is 4.79 Å². The van der Waals surface area contributed by atoms with Gasteiger partial charge in [-0.05, 0) is 74.9 Å². The zero-order valence-corrected chi connectivity index (χ0v) is 21.0. The van der Waals surface area contributed by atoms with Crippen molar-refractivity contribution in [2.24, 2.45) is 5.92 Å². The minimum Gasteiger partial charge on any atom is -0.397 e. The monoisotopic (exact) mass is 500 g/mol. The standard InChI is InChI=1S/C24H32N4O.3ClH/c1-2-28(21-13-15-27(16-14-21)17-18-7-8-18)20-11-9-19(10-12-20)24(29)26-23-6-4-3-5-22(23)25;;;/h3-6,9-12,18,21H,2,7-8,13-17,25H2,1H3,(H,26,29);3*1H.